The molecule has 116 valence electrons. The minimum atomic E-state index is -1.03. The highest BCUT2D eigenvalue weighted by molar-refractivity contribution is 5.16. The molecule has 3 N–H and O–H groups in total. The van der Waals surface area contributed by atoms with Crippen molar-refractivity contribution in [3.63, 3.8) is 0 Å². The van der Waals surface area contributed by atoms with Gasteiger partial charge in [0.1, 0.15) is 30.6 Å². The van der Waals surface area contributed by atoms with Gasteiger partial charge in [-0.2, -0.15) is 0 Å². The van der Waals surface area contributed by atoms with Gasteiger partial charge in [0, 0.05) is 5.56 Å². The molecule has 6 atom stereocenters. The quantitative estimate of drug-likeness (QED) is 0.737. The minimum absolute atomic E-state index is 0.315. The molecule has 0 bridgehead atoms. The van der Waals surface area contributed by atoms with E-state index in [2.05, 4.69) is 5.32 Å². The Morgan fingerprint density at radius 2 is 1.90 bits per heavy atom. The van der Waals surface area contributed by atoms with E-state index in [9.17, 15) is 10.2 Å². The van der Waals surface area contributed by atoms with Crippen LogP contribution in [0.5, 0.6) is 0 Å². The van der Waals surface area contributed by atoms with Gasteiger partial charge >= 0.3 is 0 Å². The van der Waals surface area contributed by atoms with Crippen LogP contribution in [-0.4, -0.2) is 54.0 Å². The Hall–Kier alpha value is -1.02. The van der Waals surface area contributed by atoms with Crippen molar-refractivity contribution in [3.8, 4) is 0 Å². The van der Waals surface area contributed by atoms with Crippen molar-refractivity contribution in [2.75, 3.05) is 13.2 Å². The number of hydrogen-bond donors (Lipinski definition) is 3. The number of aliphatic hydroxyl groups excluding tert-OH is 2. The second-order valence-corrected chi connectivity index (χ2v) is 5.31. The molecule has 1 unspecified atom stereocenters. The first-order valence-corrected chi connectivity index (χ1v) is 7.27. The maximum atomic E-state index is 10.3. The standard InChI is InChI=1S/C15H21NO5/c1-2-16-14-12(18)11(17)13-10(20-14)8-19-15(21-13)9-6-4-3-5-7-9/h3-7,10-18H,2,8H2,1H3/t10-,11-,12-,13-,14-,15?/m1/s1. The van der Waals surface area contributed by atoms with Crippen molar-refractivity contribution in [1.29, 1.82) is 0 Å². The van der Waals surface area contributed by atoms with Crippen LogP contribution in [-0.2, 0) is 14.2 Å². The van der Waals surface area contributed by atoms with E-state index in [0.717, 1.165) is 5.56 Å². The van der Waals surface area contributed by atoms with Gasteiger partial charge in [0.15, 0.2) is 6.29 Å². The first-order chi connectivity index (χ1) is 10.2. The smallest absolute Gasteiger partial charge is 0.184 e. The molecule has 2 heterocycles. The van der Waals surface area contributed by atoms with E-state index in [-0.39, 0.29) is 0 Å². The first-order valence-electron chi connectivity index (χ1n) is 7.27. The Morgan fingerprint density at radius 3 is 2.62 bits per heavy atom. The van der Waals surface area contributed by atoms with E-state index in [1.807, 2.05) is 37.3 Å². The number of aliphatic hydroxyl groups is 2. The van der Waals surface area contributed by atoms with Crippen LogP contribution in [0.25, 0.3) is 0 Å². The summed E-state index contributed by atoms with van der Waals surface area (Å²) in [6.45, 7) is 2.87. The molecule has 2 aliphatic heterocycles. The van der Waals surface area contributed by atoms with E-state index >= 15 is 0 Å². The Morgan fingerprint density at radius 1 is 1.14 bits per heavy atom. The Kier molecular flexibility index (Phi) is 4.54. The fourth-order valence-corrected chi connectivity index (χ4v) is 2.76. The Balaban J connectivity index is 1.71. The Labute approximate surface area is 123 Å². The Bertz CT molecular complexity index is 455. The summed E-state index contributed by atoms with van der Waals surface area (Å²) in [6.07, 6.45) is -4.19. The van der Waals surface area contributed by atoms with Crippen molar-refractivity contribution < 1.29 is 24.4 Å². The van der Waals surface area contributed by atoms with E-state index in [4.69, 9.17) is 14.2 Å². The predicted octanol–water partition coefficient (Wildman–Crippen LogP) is 0.157. The lowest BCUT2D eigenvalue weighted by molar-refractivity contribution is -0.331. The lowest BCUT2D eigenvalue weighted by atomic mass is 9.97. The SMILES string of the molecule is CCN[C@@H]1O[C@@H]2COC(c3ccccc3)O[C@H]2[C@H](O)[C@H]1O. The zero-order valence-corrected chi connectivity index (χ0v) is 11.9. The van der Waals surface area contributed by atoms with Crippen LogP contribution in [0.3, 0.4) is 0 Å². The molecule has 1 aromatic carbocycles. The third kappa shape index (κ3) is 2.96. The van der Waals surface area contributed by atoms with Crippen LogP contribution in [0.4, 0.5) is 0 Å². The summed E-state index contributed by atoms with van der Waals surface area (Å²) in [5.41, 5.74) is 0.881. The maximum Gasteiger partial charge on any atom is 0.184 e. The van der Waals surface area contributed by atoms with Gasteiger partial charge in [-0.05, 0) is 6.54 Å². The van der Waals surface area contributed by atoms with Crippen LogP contribution < -0.4 is 5.32 Å². The minimum Gasteiger partial charge on any atom is -0.387 e. The molecule has 0 amide bonds. The molecule has 2 saturated heterocycles. The summed E-state index contributed by atoms with van der Waals surface area (Å²) in [6, 6.07) is 9.52. The van der Waals surface area contributed by atoms with Crippen molar-refractivity contribution in [2.24, 2.45) is 0 Å². The third-order valence-electron chi connectivity index (χ3n) is 3.85. The number of hydrogen-bond acceptors (Lipinski definition) is 6. The lowest BCUT2D eigenvalue weighted by Gasteiger charge is -2.46. The normalized spacial score (nSPS) is 39.8. The molecule has 0 aromatic heterocycles. The first kappa shape index (κ1) is 14.9. The number of ether oxygens (including phenoxy) is 3. The highest BCUT2D eigenvalue weighted by atomic mass is 16.7. The van der Waals surface area contributed by atoms with Gasteiger partial charge in [-0.3, -0.25) is 5.32 Å². The van der Waals surface area contributed by atoms with Crippen LogP contribution in [0, 0.1) is 0 Å². The number of likely N-dealkylation sites (N-methyl/N-ethyl adjacent to an activating group) is 1. The van der Waals surface area contributed by atoms with Crippen molar-refractivity contribution >= 4 is 0 Å². The summed E-state index contributed by atoms with van der Waals surface area (Å²) in [4.78, 5) is 0. The molecular formula is C15H21NO5. The predicted molar refractivity (Wildman–Crippen MR) is 74.4 cm³/mol. The van der Waals surface area contributed by atoms with E-state index in [0.29, 0.717) is 13.2 Å². The van der Waals surface area contributed by atoms with Crippen molar-refractivity contribution in [2.45, 2.75) is 43.9 Å². The highest BCUT2D eigenvalue weighted by Crippen LogP contribution is 2.33. The van der Waals surface area contributed by atoms with Crippen molar-refractivity contribution in [3.05, 3.63) is 35.9 Å². The summed E-state index contributed by atoms with van der Waals surface area (Å²) in [5.74, 6) is 0. The molecule has 6 heteroatoms. The van der Waals surface area contributed by atoms with Crippen LogP contribution in [0.2, 0.25) is 0 Å². The molecule has 6 nitrogen and oxygen atoms in total. The zero-order chi connectivity index (χ0) is 14.8. The maximum absolute atomic E-state index is 10.3. The van der Waals surface area contributed by atoms with Gasteiger partial charge in [-0.25, -0.2) is 0 Å². The second kappa shape index (κ2) is 6.39. The lowest BCUT2D eigenvalue weighted by Crippen LogP contribution is -2.64. The molecule has 3 rings (SSSR count). The van der Waals surface area contributed by atoms with Crippen LogP contribution in [0.15, 0.2) is 30.3 Å². The molecule has 0 saturated carbocycles. The van der Waals surface area contributed by atoms with Gasteiger partial charge in [-0.1, -0.05) is 37.3 Å². The van der Waals surface area contributed by atoms with Gasteiger partial charge in [0.05, 0.1) is 6.61 Å². The number of benzene rings is 1. The summed E-state index contributed by atoms with van der Waals surface area (Å²) < 4.78 is 17.2. The van der Waals surface area contributed by atoms with E-state index in [1.165, 1.54) is 0 Å². The van der Waals surface area contributed by atoms with Gasteiger partial charge < -0.3 is 24.4 Å². The molecule has 0 radical (unpaired) electrons. The van der Waals surface area contributed by atoms with E-state index in [1.54, 1.807) is 0 Å². The number of rotatable bonds is 3. The molecule has 21 heavy (non-hydrogen) atoms. The fraction of sp³-hybridized carbons (Fsp3) is 0.600. The highest BCUT2D eigenvalue weighted by Gasteiger charge is 2.48. The van der Waals surface area contributed by atoms with Gasteiger partial charge in [-0.15, -0.1) is 0 Å². The zero-order valence-electron chi connectivity index (χ0n) is 11.9. The summed E-state index contributed by atoms with van der Waals surface area (Å²) >= 11 is 0. The average molecular weight is 295 g/mol. The van der Waals surface area contributed by atoms with Crippen molar-refractivity contribution in [1.82, 2.24) is 5.32 Å². The van der Waals surface area contributed by atoms with Crippen LogP contribution >= 0.6 is 0 Å². The number of fused-ring (bicyclic) bond motifs is 1. The second-order valence-electron chi connectivity index (χ2n) is 5.31. The largest absolute Gasteiger partial charge is 0.387 e. The molecule has 0 spiro atoms. The number of nitrogens with one attached hydrogen (secondary N) is 1. The molecule has 2 fully saturated rings. The molecule has 1 aromatic rings. The topological polar surface area (TPSA) is 80.2 Å². The monoisotopic (exact) mass is 295 g/mol. The average Bonchev–Trinajstić information content (AvgIpc) is 2.53. The molecule has 2 aliphatic rings. The molecular weight excluding hydrogens is 274 g/mol. The van der Waals surface area contributed by atoms with E-state index < -0.39 is 36.9 Å². The van der Waals surface area contributed by atoms with Gasteiger partial charge in [0.2, 0.25) is 0 Å². The third-order valence-corrected chi connectivity index (χ3v) is 3.85. The van der Waals surface area contributed by atoms with Crippen LogP contribution in [0.1, 0.15) is 18.8 Å². The van der Waals surface area contributed by atoms with Gasteiger partial charge in [0.25, 0.3) is 0 Å². The molecule has 0 aliphatic carbocycles. The fourth-order valence-electron chi connectivity index (χ4n) is 2.76. The summed E-state index contributed by atoms with van der Waals surface area (Å²) in [7, 11) is 0. The summed E-state index contributed by atoms with van der Waals surface area (Å²) in [5, 5.41) is 23.4.